The maximum absolute atomic E-state index is 11.8. The third-order valence-electron chi connectivity index (χ3n) is 2.95. The Bertz CT molecular complexity index is 617. The van der Waals surface area contributed by atoms with Crippen LogP contribution in [0.2, 0.25) is 0 Å². The average Bonchev–Trinajstić information content (AvgIpc) is 2.37. The number of nitrogens with one attached hydrogen (secondary N) is 1. The number of nitrogens with zero attached hydrogens (tertiary/aromatic N) is 2. The summed E-state index contributed by atoms with van der Waals surface area (Å²) in [5, 5.41) is 0. The minimum atomic E-state index is -0.0977. The molecule has 0 radical (unpaired) electrons. The molecule has 0 saturated carbocycles. The molecule has 1 N–H and O–H groups in total. The maximum Gasteiger partial charge on any atom is 0.251 e. The van der Waals surface area contributed by atoms with Gasteiger partial charge >= 0.3 is 0 Å². The molecule has 0 bridgehead atoms. The van der Waals surface area contributed by atoms with E-state index in [4.69, 9.17) is 0 Å². The molecule has 100 valence electrons. The molecule has 0 unspecified atom stereocenters. The van der Waals surface area contributed by atoms with Crippen molar-refractivity contribution < 1.29 is 0 Å². The summed E-state index contributed by atoms with van der Waals surface area (Å²) in [6, 6.07) is 3.48. The van der Waals surface area contributed by atoms with Crippen molar-refractivity contribution in [3.63, 3.8) is 0 Å². The van der Waals surface area contributed by atoms with Crippen LogP contribution in [-0.2, 0) is 12.8 Å². The van der Waals surface area contributed by atoms with Crippen LogP contribution >= 0.6 is 0 Å². The quantitative estimate of drug-likeness (QED) is 0.915. The lowest BCUT2D eigenvalue weighted by atomic mass is 10.1. The van der Waals surface area contributed by atoms with E-state index < -0.39 is 0 Å². The van der Waals surface area contributed by atoms with Crippen molar-refractivity contribution in [1.29, 1.82) is 0 Å². The summed E-state index contributed by atoms with van der Waals surface area (Å²) in [5.41, 5.74) is 2.79. The van der Waals surface area contributed by atoms with Crippen LogP contribution in [0.25, 0.3) is 11.4 Å². The highest BCUT2D eigenvalue weighted by atomic mass is 16.1. The predicted molar refractivity (Wildman–Crippen MR) is 76.0 cm³/mol. The van der Waals surface area contributed by atoms with E-state index in [1.54, 1.807) is 12.3 Å². The minimum absolute atomic E-state index is 0.0977. The van der Waals surface area contributed by atoms with Gasteiger partial charge < -0.3 is 4.98 Å². The lowest BCUT2D eigenvalue weighted by molar-refractivity contribution is 0.633. The van der Waals surface area contributed by atoms with Crippen LogP contribution in [0.1, 0.15) is 32.0 Å². The zero-order valence-electron chi connectivity index (χ0n) is 11.6. The molecule has 4 nitrogen and oxygen atoms in total. The van der Waals surface area contributed by atoms with Gasteiger partial charge in [-0.05, 0) is 30.4 Å². The Morgan fingerprint density at radius 3 is 2.84 bits per heavy atom. The van der Waals surface area contributed by atoms with Crippen LogP contribution in [-0.4, -0.2) is 15.0 Å². The molecule has 0 aliphatic heterocycles. The van der Waals surface area contributed by atoms with Crippen LogP contribution in [0.4, 0.5) is 0 Å². The van der Waals surface area contributed by atoms with Crippen LogP contribution < -0.4 is 5.56 Å². The molecule has 0 aromatic carbocycles. The Kier molecular flexibility index (Phi) is 4.10. The minimum Gasteiger partial charge on any atom is -0.307 e. The van der Waals surface area contributed by atoms with Gasteiger partial charge in [0.15, 0.2) is 0 Å². The van der Waals surface area contributed by atoms with Gasteiger partial charge in [-0.1, -0.05) is 20.8 Å². The molecular formula is C15H19N3O. The van der Waals surface area contributed by atoms with Gasteiger partial charge in [0.2, 0.25) is 0 Å². The molecule has 19 heavy (non-hydrogen) atoms. The second-order valence-corrected chi connectivity index (χ2v) is 5.07. The van der Waals surface area contributed by atoms with Gasteiger partial charge in [-0.3, -0.25) is 9.78 Å². The largest absolute Gasteiger partial charge is 0.307 e. The third kappa shape index (κ3) is 3.28. The van der Waals surface area contributed by atoms with E-state index in [0.717, 1.165) is 29.7 Å². The Morgan fingerprint density at radius 1 is 1.37 bits per heavy atom. The van der Waals surface area contributed by atoms with E-state index in [-0.39, 0.29) is 5.56 Å². The van der Waals surface area contributed by atoms with Gasteiger partial charge in [0.25, 0.3) is 5.56 Å². The van der Waals surface area contributed by atoms with Crippen LogP contribution in [0.15, 0.2) is 29.3 Å². The smallest absolute Gasteiger partial charge is 0.251 e. The summed E-state index contributed by atoms with van der Waals surface area (Å²) in [7, 11) is 0. The first-order valence-corrected chi connectivity index (χ1v) is 6.63. The fourth-order valence-corrected chi connectivity index (χ4v) is 2.10. The molecule has 2 aromatic rings. The first-order chi connectivity index (χ1) is 9.10. The maximum atomic E-state index is 11.8. The van der Waals surface area contributed by atoms with Gasteiger partial charge in [0, 0.05) is 29.7 Å². The number of hydrogen-bond donors (Lipinski definition) is 1. The van der Waals surface area contributed by atoms with Crippen molar-refractivity contribution in [2.45, 2.75) is 33.6 Å². The zero-order valence-corrected chi connectivity index (χ0v) is 11.6. The summed E-state index contributed by atoms with van der Waals surface area (Å²) in [6.45, 7) is 6.30. The third-order valence-corrected chi connectivity index (χ3v) is 2.95. The molecule has 0 amide bonds. The topological polar surface area (TPSA) is 58.6 Å². The number of aryl methyl sites for hydroxylation is 1. The molecule has 2 heterocycles. The number of hydrogen-bond acceptors (Lipinski definition) is 3. The molecule has 2 aromatic heterocycles. The average molecular weight is 257 g/mol. The summed E-state index contributed by atoms with van der Waals surface area (Å²) in [6.07, 6.45) is 5.22. The van der Waals surface area contributed by atoms with E-state index >= 15 is 0 Å². The van der Waals surface area contributed by atoms with E-state index in [1.165, 1.54) is 0 Å². The van der Waals surface area contributed by atoms with Gasteiger partial charge in [-0.15, -0.1) is 0 Å². The number of pyridine rings is 1. The Hall–Kier alpha value is -1.97. The molecule has 0 aliphatic rings. The summed E-state index contributed by atoms with van der Waals surface area (Å²) in [5.74, 6) is 1.12. The molecule has 0 fully saturated rings. The molecule has 4 heteroatoms. The van der Waals surface area contributed by atoms with Crippen LogP contribution in [0, 0.1) is 5.92 Å². The zero-order chi connectivity index (χ0) is 13.8. The van der Waals surface area contributed by atoms with Crippen molar-refractivity contribution in [2.75, 3.05) is 0 Å². The monoisotopic (exact) mass is 257 g/mol. The lowest BCUT2D eigenvalue weighted by Gasteiger charge is -2.09. The fraction of sp³-hybridized carbons (Fsp3) is 0.400. The lowest BCUT2D eigenvalue weighted by Crippen LogP contribution is -2.12. The van der Waals surface area contributed by atoms with Crippen molar-refractivity contribution in [1.82, 2.24) is 15.0 Å². The predicted octanol–water partition coefficient (Wildman–Crippen LogP) is 2.59. The number of aromatic amines is 1. The second-order valence-electron chi connectivity index (χ2n) is 5.07. The highest BCUT2D eigenvalue weighted by Crippen LogP contribution is 2.19. The van der Waals surface area contributed by atoms with E-state index in [2.05, 4.69) is 35.7 Å². The first-order valence-electron chi connectivity index (χ1n) is 6.63. The Labute approximate surface area is 112 Å². The van der Waals surface area contributed by atoms with Crippen molar-refractivity contribution >= 4 is 0 Å². The van der Waals surface area contributed by atoms with Crippen molar-refractivity contribution in [3.8, 4) is 11.4 Å². The fourth-order valence-electron chi connectivity index (χ4n) is 2.10. The van der Waals surface area contributed by atoms with Crippen molar-refractivity contribution in [3.05, 3.63) is 46.1 Å². The summed E-state index contributed by atoms with van der Waals surface area (Å²) in [4.78, 5) is 23.3. The van der Waals surface area contributed by atoms with Crippen LogP contribution in [0.3, 0.4) is 0 Å². The molecule has 0 aliphatic carbocycles. The molecule has 2 rings (SSSR count). The van der Waals surface area contributed by atoms with E-state index in [1.807, 2.05) is 12.3 Å². The molecule has 0 atom stereocenters. The van der Waals surface area contributed by atoms with Crippen molar-refractivity contribution in [2.24, 2.45) is 5.92 Å². The number of aromatic nitrogens is 3. The van der Waals surface area contributed by atoms with Gasteiger partial charge in [0.1, 0.15) is 5.82 Å². The SMILES string of the molecule is CCc1cnccc1-c1nc(CC(C)C)cc(=O)[nH]1. The summed E-state index contributed by atoms with van der Waals surface area (Å²) < 4.78 is 0. The number of rotatable bonds is 4. The molecular weight excluding hydrogens is 238 g/mol. The second kappa shape index (κ2) is 5.78. The standard InChI is InChI=1S/C15H19N3O/c1-4-11-9-16-6-5-13(11)15-17-12(7-10(2)3)8-14(19)18-15/h5-6,8-10H,4,7H2,1-3H3,(H,17,18,19). The van der Waals surface area contributed by atoms with E-state index in [9.17, 15) is 4.79 Å². The van der Waals surface area contributed by atoms with E-state index in [0.29, 0.717) is 11.7 Å². The normalized spacial score (nSPS) is 10.9. The highest BCUT2D eigenvalue weighted by Gasteiger charge is 2.09. The number of H-pyrrole nitrogens is 1. The first kappa shape index (κ1) is 13.5. The van der Waals surface area contributed by atoms with Gasteiger partial charge in [-0.2, -0.15) is 0 Å². The molecule has 0 spiro atoms. The summed E-state index contributed by atoms with van der Waals surface area (Å²) >= 11 is 0. The molecule has 0 saturated heterocycles. The van der Waals surface area contributed by atoms with Gasteiger partial charge in [0.05, 0.1) is 0 Å². The Balaban J connectivity index is 2.50. The Morgan fingerprint density at radius 2 is 2.16 bits per heavy atom. The van der Waals surface area contributed by atoms with Crippen LogP contribution in [0.5, 0.6) is 0 Å². The highest BCUT2D eigenvalue weighted by molar-refractivity contribution is 5.59. The van der Waals surface area contributed by atoms with Gasteiger partial charge in [-0.25, -0.2) is 4.98 Å².